The summed E-state index contributed by atoms with van der Waals surface area (Å²) in [5, 5.41) is 8.92. The van der Waals surface area contributed by atoms with Crippen LogP contribution in [-0.4, -0.2) is 4.98 Å². The van der Waals surface area contributed by atoms with Gasteiger partial charge in [0.05, 0.1) is 11.6 Å². The minimum atomic E-state index is 0.436. The number of hydrogen-bond acceptors (Lipinski definition) is 2. The highest BCUT2D eigenvalue weighted by atomic mass is 14.7. The molecule has 0 N–H and O–H groups in total. The number of pyridine rings is 1. The van der Waals surface area contributed by atoms with Crippen LogP contribution in [0.15, 0.2) is 42.5 Å². The highest BCUT2D eigenvalue weighted by Gasteiger charge is 2.17. The summed E-state index contributed by atoms with van der Waals surface area (Å²) < 4.78 is 0. The molecule has 1 aromatic heterocycles. The first-order valence-corrected chi connectivity index (χ1v) is 8.88. The van der Waals surface area contributed by atoms with E-state index < -0.39 is 0 Å². The highest BCUT2D eigenvalue weighted by Crippen LogP contribution is 2.28. The van der Waals surface area contributed by atoms with E-state index in [1.54, 1.807) is 0 Å². The Morgan fingerprint density at radius 3 is 2.17 bits per heavy atom. The first-order valence-electron chi connectivity index (χ1n) is 8.88. The molecule has 0 aliphatic carbocycles. The van der Waals surface area contributed by atoms with Crippen LogP contribution < -0.4 is 0 Å². The summed E-state index contributed by atoms with van der Waals surface area (Å²) in [6.45, 7) is 11.3. The van der Waals surface area contributed by atoms with Gasteiger partial charge in [-0.3, -0.25) is 4.98 Å². The van der Waals surface area contributed by atoms with E-state index >= 15 is 0 Å². The van der Waals surface area contributed by atoms with Crippen molar-refractivity contribution >= 4 is 0 Å². The zero-order valence-corrected chi connectivity index (χ0v) is 15.5. The van der Waals surface area contributed by atoms with Crippen molar-refractivity contribution < 1.29 is 0 Å². The summed E-state index contributed by atoms with van der Waals surface area (Å²) >= 11 is 0. The van der Waals surface area contributed by atoms with Gasteiger partial charge in [-0.1, -0.05) is 52.8 Å². The Labute approximate surface area is 146 Å². The van der Waals surface area contributed by atoms with Gasteiger partial charge in [0.1, 0.15) is 0 Å². The van der Waals surface area contributed by atoms with Crippen molar-refractivity contribution in [3.05, 3.63) is 65.0 Å². The van der Waals surface area contributed by atoms with Crippen molar-refractivity contribution in [1.82, 2.24) is 4.98 Å². The number of aromatic nitrogens is 1. The number of hydrogen-bond donors (Lipinski definition) is 0. The Bertz CT molecular complexity index is 695. The molecule has 0 bridgehead atoms. The number of nitriles is 1. The van der Waals surface area contributed by atoms with Gasteiger partial charge < -0.3 is 0 Å². The van der Waals surface area contributed by atoms with Gasteiger partial charge in [0.15, 0.2) is 0 Å². The molecule has 1 heterocycles. The van der Waals surface area contributed by atoms with Crippen LogP contribution in [0.3, 0.4) is 0 Å². The Morgan fingerprint density at radius 1 is 0.917 bits per heavy atom. The molecule has 2 heteroatoms. The average Bonchev–Trinajstić information content (AvgIpc) is 2.60. The van der Waals surface area contributed by atoms with Crippen LogP contribution in [0.4, 0.5) is 0 Å². The molecule has 2 aromatic rings. The van der Waals surface area contributed by atoms with E-state index in [0.29, 0.717) is 23.7 Å². The molecule has 1 unspecified atom stereocenters. The number of rotatable bonds is 6. The van der Waals surface area contributed by atoms with Gasteiger partial charge in [-0.2, -0.15) is 5.26 Å². The van der Waals surface area contributed by atoms with E-state index in [4.69, 9.17) is 10.2 Å². The maximum Gasteiger partial charge on any atom is 0.0991 e. The monoisotopic (exact) mass is 320 g/mol. The number of benzene rings is 1. The molecule has 24 heavy (non-hydrogen) atoms. The molecule has 0 fully saturated rings. The van der Waals surface area contributed by atoms with Crippen LogP contribution in [0.25, 0.3) is 0 Å². The van der Waals surface area contributed by atoms with Gasteiger partial charge >= 0.3 is 0 Å². The SMILES string of the molecule is CC(C)[C@H](C)c1cccc(CC(C)[C@H](C)c2ccc(C#N)cc2)n1. The lowest BCUT2D eigenvalue weighted by Crippen LogP contribution is -2.12. The Kier molecular flexibility index (Phi) is 6.15. The van der Waals surface area contributed by atoms with E-state index in [1.807, 2.05) is 12.1 Å². The highest BCUT2D eigenvalue weighted by molar-refractivity contribution is 5.33. The molecule has 2 rings (SSSR count). The van der Waals surface area contributed by atoms with Crippen LogP contribution in [-0.2, 0) is 6.42 Å². The molecular weight excluding hydrogens is 292 g/mol. The van der Waals surface area contributed by atoms with E-state index in [9.17, 15) is 0 Å². The smallest absolute Gasteiger partial charge is 0.0991 e. The summed E-state index contributed by atoms with van der Waals surface area (Å²) in [5.74, 6) is 2.01. The fourth-order valence-electron chi connectivity index (χ4n) is 2.90. The maximum absolute atomic E-state index is 8.92. The average molecular weight is 320 g/mol. The molecule has 0 aliphatic heterocycles. The molecule has 126 valence electrons. The first-order chi connectivity index (χ1) is 11.4. The molecule has 0 amide bonds. The van der Waals surface area contributed by atoms with Crippen LogP contribution in [0.5, 0.6) is 0 Å². The van der Waals surface area contributed by atoms with Gasteiger partial charge in [0, 0.05) is 17.3 Å². The van der Waals surface area contributed by atoms with Crippen LogP contribution in [0.1, 0.15) is 69.0 Å². The van der Waals surface area contributed by atoms with Gasteiger partial charge in [-0.05, 0) is 54.0 Å². The molecule has 0 spiro atoms. The fraction of sp³-hybridized carbons (Fsp3) is 0.455. The normalized spacial score (nSPS) is 14.9. The quantitative estimate of drug-likeness (QED) is 0.685. The Morgan fingerprint density at radius 2 is 1.58 bits per heavy atom. The Balaban J connectivity index is 2.09. The third-order valence-corrected chi connectivity index (χ3v) is 5.25. The van der Waals surface area contributed by atoms with E-state index in [2.05, 4.69) is 71.0 Å². The second kappa shape index (κ2) is 8.11. The minimum Gasteiger partial charge on any atom is -0.258 e. The summed E-state index contributed by atoms with van der Waals surface area (Å²) in [5.41, 5.74) is 4.37. The summed E-state index contributed by atoms with van der Waals surface area (Å²) in [4.78, 5) is 4.89. The topological polar surface area (TPSA) is 36.7 Å². The zero-order valence-electron chi connectivity index (χ0n) is 15.5. The second-order valence-electron chi connectivity index (χ2n) is 7.29. The van der Waals surface area contributed by atoms with Crippen LogP contribution in [0.2, 0.25) is 0 Å². The standard InChI is InChI=1S/C22H28N2/c1-15(2)17(4)22-8-6-7-21(24-22)13-16(3)18(5)20-11-9-19(14-23)10-12-20/h6-12,15-18H,13H2,1-5H3/t16?,17-,18-/m0/s1. The maximum atomic E-state index is 8.92. The molecular formula is C22H28N2. The molecule has 0 saturated heterocycles. The van der Waals surface area contributed by atoms with E-state index in [1.165, 1.54) is 17.0 Å². The minimum absolute atomic E-state index is 0.436. The molecule has 0 radical (unpaired) electrons. The van der Waals surface area contributed by atoms with Crippen molar-refractivity contribution in [2.75, 3.05) is 0 Å². The Hall–Kier alpha value is -2.14. The number of nitrogens with zero attached hydrogens (tertiary/aromatic N) is 2. The summed E-state index contributed by atoms with van der Waals surface area (Å²) in [6.07, 6.45) is 0.972. The zero-order chi connectivity index (χ0) is 17.7. The predicted molar refractivity (Wildman–Crippen MR) is 99.9 cm³/mol. The molecule has 1 aromatic carbocycles. The second-order valence-corrected chi connectivity index (χ2v) is 7.29. The van der Waals surface area contributed by atoms with E-state index in [0.717, 1.165) is 12.0 Å². The molecule has 3 atom stereocenters. The van der Waals surface area contributed by atoms with Crippen molar-refractivity contribution in [2.24, 2.45) is 11.8 Å². The lowest BCUT2D eigenvalue weighted by molar-refractivity contribution is 0.475. The van der Waals surface area contributed by atoms with Crippen molar-refractivity contribution in [1.29, 1.82) is 5.26 Å². The van der Waals surface area contributed by atoms with Crippen molar-refractivity contribution in [2.45, 2.75) is 52.9 Å². The van der Waals surface area contributed by atoms with Gasteiger partial charge in [0.25, 0.3) is 0 Å². The van der Waals surface area contributed by atoms with Crippen LogP contribution in [0, 0.1) is 23.2 Å². The summed E-state index contributed by atoms with van der Waals surface area (Å²) in [7, 11) is 0. The largest absolute Gasteiger partial charge is 0.258 e. The summed E-state index contributed by atoms with van der Waals surface area (Å²) in [6, 6.07) is 16.5. The molecule has 2 nitrogen and oxygen atoms in total. The lowest BCUT2D eigenvalue weighted by Gasteiger charge is -2.21. The van der Waals surface area contributed by atoms with Crippen molar-refractivity contribution in [3.63, 3.8) is 0 Å². The molecule has 0 aliphatic rings. The predicted octanol–water partition coefficient (Wildman–Crippen LogP) is 5.70. The fourth-order valence-corrected chi connectivity index (χ4v) is 2.90. The van der Waals surface area contributed by atoms with Gasteiger partial charge in [-0.25, -0.2) is 0 Å². The molecule has 0 saturated carbocycles. The van der Waals surface area contributed by atoms with Gasteiger partial charge in [0.2, 0.25) is 0 Å². The van der Waals surface area contributed by atoms with Crippen LogP contribution >= 0.6 is 0 Å². The van der Waals surface area contributed by atoms with Crippen molar-refractivity contribution in [3.8, 4) is 6.07 Å². The van der Waals surface area contributed by atoms with E-state index in [-0.39, 0.29) is 0 Å². The lowest BCUT2D eigenvalue weighted by atomic mass is 9.85. The first kappa shape index (κ1) is 18.2. The third kappa shape index (κ3) is 4.45. The van der Waals surface area contributed by atoms with Gasteiger partial charge in [-0.15, -0.1) is 0 Å². The third-order valence-electron chi connectivity index (χ3n) is 5.25.